The van der Waals surface area contributed by atoms with Crippen molar-refractivity contribution in [3.63, 3.8) is 0 Å². The minimum atomic E-state index is 0.345. The molecule has 3 aromatic rings. The SMILES string of the molecule is COc1cc(N(C)C2CCCN(c3nccc4occc34)C2)ncn1. The van der Waals surface area contributed by atoms with Crippen LogP contribution in [0, 0.1) is 0 Å². The average Bonchev–Trinajstić information content (AvgIpc) is 3.16. The van der Waals surface area contributed by atoms with Crippen LogP contribution in [0.15, 0.2) is 41.4 Å². The smallest absolute Gasteiger partial charge is 0.218 e. The summed E-state index contributed by atoms with van der Waals surface area (Å²) in [4.78, 5) is 17.6. The predicted molar refractivity (Wildman–Crippen MR) is 96.2 cm³/mol. The van der Waals surface area contributed by atoms with Crippen molar-refractivity contribution in [2.45, 2.75) is 18.9 Å². The van der Waals surface area contributed by atoms with Gasteiger partial charge in [-0.3, -0.25) is 0 Å². The fourth-order valence-corrected chi connectivity index (χ4v) is 3.42. The van der Waals surface area contributed by atoms with E-state index in [-0.39, 0.29) is 0 Å². The first kappa shape index (κ1) is 15.7. The molecule has 7 heteroatoms. The first-order chi connectivity index (χ1) is 12.3. The van der Waals surface area contributed by atoms with Crippen molar-refractivity contribution >= 4 is 22.6 Å². The van der Waals surface area contributed by atoms with E-state index in [1.165, 1.54) is 0 Å². The van der Waals surface area contributed by atoms with Gasteiger partial charge >= 0.3 is 0 Å². The van der Waals surface area contributed by atoms with Crippen LogP contribution in [-0.2, 0) is 0 Å². The fourth-order valence-electron chi connectivity index (χ4n) is 3.42. The zero-order chi connectivity index (χ0) is 17.2. The molecule has 0 spiro atoms. The molecule has 0 saturated carbocycles. The normalized spacial score (nSPS) is 17.7. The molecular weight excluding hydrogens is 318 g/mol. The molecule has 130 valence electrons. The Labute approximate surface area is 146 Å². The summed E-state index contributed by atoms with van der Waals surface area (Å²) in [6.45, 7) is 1.88. The molecule has 0 aromatic carbocycles. The van der Waals surface area contributed by atoms with Gasteiger partial charge in [-0.15, -0.1) is 0 Å². The number of fused-ring (bicyclic) bond motifs is 1. The quantitative estimate of drug-likeness (QED) is 0.724. The van der Waals surface area contributed by atoms with Crippen molar-refractivity contribution in [3.8, 4) is 5.88 Å². The summed E-state index contributed by atoms with van der Waals surface area (Å²) in [7, 11) is 3.69. The summed E-state index contributed by atoms with van der Waals surface area (Å²) in [5, 5.41) is 1.06. The molecule has 1 fully saturated rings. The number of nitrogens with zero attached hydrogens (tertiary/aromatic N) is 5. The summed E-state index contributed by atoms with van der Waals surface area (Å²) in [5.41, 5.74) is 0.876. The molecule has 4 heterocycles. The minimum Gasteiger partial charge on any atom is -0.481 e. The van der Waals surface area contributed by atoms with Gasteiger partial charge in [0.1, 0.15) is 23.5 Å². The number of hydrogen-bond acceptors (Lipinski definition) is 7. The highest BCUT2D eigenvalue weighted by Gasteiger charge is 2.26. The van der Waals surface area contributed by atoms with E-state index in [0.717, 1.165) is 48.5 Å². The zero-order valence-corrected chi connectivity index (χ0v) is 14.4. The summed E-state index contributed by atoms with van der Waals surface area (Å²) < 4.78 is 10.7. The Morgan fingerprint density at radius 1 is 1.28 bits per heavy atom. The van der Waals surface area contributed by atoms with Gasteiger partial charge in [0.2, 0.25) is 5.88 Å². The lowest BCUT2D eigenvalue weighted by molar-refractivity contribution is 0.396. The second-order valence-corrected chi connectivity index (χ2v) is 6.24. The van der Waals surface area contributed by atoms with E-state index in [1.807, 2.05) is 24.4 Å². The number of piperidine rings is 1. The second-order valence-electron chi connectivity index (χ2n) is 6.24. The zero-order valence-electron chi connectivity index (χ0n) is 14.4. The van der Waals surface area contributed by atoms with E-state index in [4.69, 9.17) is 9.15 Å². The van der Waals surface area contributed by atoms with Crippen LogP contribution >= 0.6 is 0 Å². The van der Waals surface area contributed by atoms with Gasteiger partial charge in [-0.1, -0.05) is 0 Å². The van der Waals surface area contributed by atoms with Gasteiger partial charge < -0.3 is 19.0 Å². The van der Waals surface area contributed by atoms with Crippen LogP contribution in [0.4, 0.5) is 11.6 Å². The van der Waals surface area contributed by atoms with E-state index in [0.29, 0.717) is 11.9 Å². The molecule has 0 radical (unpaired) electrons. The number of anilines is 2. The molecule has 1 atom stereocenters. The van der Waals surface area contributed by atoms with Crippen LogP contribution in [-0.4, -0.2) is 48.2 Å². The van der Waals surface area contributed by atoms with E-state index >= 15 is 0 Å². The van der Waals surface area contributed by atoms with Gasteiger partial charge in [-0.05, 0) is 25.0 Å². The molecule has 3 aromatic heterocycles. The van der Waals surface area contributed by atoms with Crippen LogP contribution in [0.5, 0.6) is 5.88 Å². The summed E-state index contributed by atoms with van der Waals surface area (Å²) in [6, 6.07) is 6.10. The van der Waals surface area contributed by atoms with Gasteiger partial charge in [0.15, 0.2) is 0 Å². The lowest BCUT2D eigenvalue weighted by Gasteiger charge is -2.38. The molecule has 1 aliphatic rings. The lowest BCUT2D eigenvalue weighted by atomic mass is 10.0. The molecule has 0 amide bonds. The molecule has 1 aliphatic heterocycles. The maximum atomic E-state index is 5.51. The van der Waals surface area contributed by atoms with Gasteiger partial charge in [-0.2, -0.15) is 0 Å². The first-order valence-corrected chi connectivity index (χ1v) is 8.42. The standard InChI is InChI=1S/C18H21N5O2/c1-22(16-10-17(24-2)21-12-20-16)13-4-3-8-23(11-13)18-14-6-9-25-15(14)5-7-19-18/h5-7,9-10,12-13H,3-4,8,11H2,1-2H3. The van der Waals surface area contributed by atoms with E-state index in [2.05, 4.69) is 31.8 Å². The molecule has 7 nitrogen and oxygen atoms in total. The van der Waals surface area contributed by atoms with Crippen LogP contribution in [0.2, 0.25) is 0 Å². The fraction of sp³-hybridized carbons (Fsp3) is 0.389. The number of aromatic nitrogens is 3. The van der Waals surface area contributed by atoms with E-state index < -0.39 is 0 Å². The Balaban J connectivity index is 1.57. The van der Waals surface area contributed by atoms with Gasteiger partial charge in [0, 0.05) is 38.4 Å². The third kappa shape index (κ3) is 2.97. The summed E-state index contributed by atoms with van der Waals surface area (Å²) in [6.07, 6.45) is 7.28. The average molecular weight is 339 g/mol. The molecule has 0 bridgehead atoms. The number of pyridine rings is 1. The Hall–Kier alpha value is -2.83. The summed E-state index contributed by atoms with van der Waals surface area (Å²) in [5.74, 6) is 2.44. The van der Waals surface area contributed by atoms with Crippen molar-refractivity contribution < 1.29 is 9.15 Å². The van der Waals surface area contributed by atoms with Crippen LogP contribution in [0.1, 0.15) is 12.8 Å². The number of ether oxygens (including phenoxy) is 1. The van der Waals surface area contributed by atoms with Crippen molar-refractivity contribution in [1.82, 2.24) is 15.0 Å². The second kappa shape index (κ2) is 6.58. The molecule has 25 heavy (non-hydrogen) atoms. The molecule has 4 rings (SSSR count). The molecule has 0 aliphatic carbocycles. The Morgan fingerprint density at radius 2 is 2.20 bits per heavy atom. The van der Waals surface area contributed by atoms with Crippen LogP contribution in [0.3, 0.4) is 0 Å². The number of hydrogen-bond donors (Lipinski definition) is 0. The van der Waals surface area contributed by atoms with Crippen molar-refractivity contribution in [2.75, 3.05) is 37.0 Å². The molecule has 1 unspecified atom stereocenters. The van der Waals surface area contributed by atoms with Crippen LogP contribution < -0.4 is 14.5 Å². The highest BCUT2D eigenvalue weighted by Crippen LogP contribution is 2.29. The van der Waals surface area contributed by atoms with E-state index in [9.17, 15) is 0 Å². The number of furan rings is 1. The predicted octanol–water partition coefficient (Wildman–Crippen LogP) is 2.73. The monoisotopic (exact) mass is 339 g/mol. The maximum Gasteiger partial charge on any atom is 0.218 e. The lowest BCUT2D eigenvalue weighted by Crippen LogP contribution is -2.47. The first-order valence-electron chi connectivity index (χ1n) is 8.42. The number of likely N-dealkylation sites (N-methyl/N-ethyl adjacent to an activating group) is 1. The Bertz CT molecular complexity index is 865. The van der Waals surface area contributed by atoms with Gasteiger partial charge in [-0.25, -0.2) is 15.0 Å². The topological polar surface area (TPSA) is 67.5 Å². The Kier molecular flexibility index (Phi) is 4.13. The molecular formula is C18H21N5O2. The number of rotatable bonds is 4. The van der Waals surface area contributed by atoms with Crippen molar-refractivity contribution in [3.05, 3.63) is 37.0 Å². The highest BCUT2D eigenvalue weighted by atomic mass is 16.5. The Morgan fingerprint density at radius 3 is 3.08 bits per heavy atom. The maximum absolute atomic E-state index is 5.51. The molecule has 1 saturated heterocycles. The van der Waals surface area contributed by atoms with E-state index in [1.54, 1.807) is 19.7 Å². The largest absolute Gasteiger partial charge is 0.481 e. The van der Waals surface area contributed by atoms with Gasteiger partial charge in [0.05, 0.1) is 18.8 Å². The third-order valence-electron chi connectivity index (χ3n) is 4.80. The van der Waals surface area contributed by atoms with Crippen molar-refractivity contribution in [1.29, 1.82) is 0 Å². The highest BCUT2D eigenvalue weighted by molar-refractivity contribution is 5.88. The third-order valence-corrected chi connectivity index (χ3v) is 4.80. The summed E-state index contributed by atoms with van der Waals surface area (Å²) >= 11 is 0. The van der Waals surface area contributed by atoms with Crippen LogP contribution in [0.25, 0.3) is 11.0 Å². The van der Waals surface area contributed by atoms with Crippen molar-refractivity contribution in [2.24, 2.45) is 0 Å². The molecule has 0 N–H and O–H groups in total. The number of methoxy groups -OCH3 is 1. The minimum absolute atomic E-state index is 0.345. The van der Waals surface area contributed by atoms with Gasteiger partial charge in [0.25, 0.3) is 0 Å².